The molecule has 0 fully saturated rings. The highest BCUT2D eigenvalue weighted by Crippen LogP contribution is 2.48. The van der Waals surface area contributed by atoms with Gasteiger partial charge in [0.1, 0.15) is 0 Å². The Balaban J connectivity index is 0.000000330. The van der Waals surface area contributed by atoms with Gasteiger partial charge in [0.2, 0.25) is 9.84 Å². The topological polar surface area (TPSA) is 243 Å². The Labute approximate surface area is 620 Å². The molecule has 0 saturated heterocycles. The number of allylic oxidation sites excluding steroid dienone is 19. The van der Waals surface area contributed by atoms with E-state index in [-0.39, 0.29) is 93.5 Å². The number of rotatable bonds is 0. The fourth-order valence-electron chi connectivity index (χ4n) is 11.0. The number of thiophene rings is 1. The molecule has 11 rings (SSSR count). The van der Waals surface area contributed by atoms with Crippen LogP contribution in [0.25, 0.3) is 62.9 Å². The fourth-order valence-corrected chi connectivity index (χ4v) is 14.1. The maximum atomic E-state index is 13.4. The number of carbonyl (C=O) groups excluding carboxylic acids is 4. The largest absolute Gasteiger partial charge is 0.289 e. The van der Waals surface area contributed by atoms with Gasteiger partial charge in [0.25, 0.3) is 28.5 Å². The van der Waals surface area contributed by atoms with Crippen molar-refractivity contribution >= 4 is 106 Å². The first-order valence-electron chi connectivity index (χ1n) is 31.8. The quantitative estimate of drug-likeness (QED) is 0.0786. The number of carbonyl (C=O) groups is 4. The number of sulfone groups is 1. The molecule has 2 heterocycles. The summed E-state index contributed by atoms with van der Waals surface area (Å²) < 4.78 is 51.6. The van der Waals surface area contributed by atoms with Crippen LogP contribution >= 0.6 is 34.5 Å². The van der Waals surface area contributed by atoms with Crippen LogP contribution in [0, 0.1) is 101 Å². The zero-order valence-corrected chi connectivity index (χ0v) is 62.8. The van der Waals surface area contributed by atoms with Crippen LogP contribution in [0.1, 0.15) is 180 Å². The first-order valence-corrected chi connectivity index (χ1v) is 35.0. The lowest BCUT2D eigenvalue weighted by Gasteiger charge is -2.04. The van der Waals surface area contributed by atoms with Crippen molar-refractivity contribution in [3.05, 3.63) is 309 Å². The summed E-state index contributed by atoms with van der Waals surface area (Å²) in [7, 11) is -3.63. The molecule has 1 aromatic heterocycles. The first kappa shape index (κ1) is 85.7. The Morgan fingerprint density at radius 1 is 0.413 bits per heavy atom. The van der Waals surface area contributed by atoms with Crippen LogP contribution in [0.3, 0.4) is 0 Å². The summed E-state index contributed by atoms with van der Waals surface area (Å²) in [6.45, 7) is 64.9. The van der Waals surface area contributed by atoms with Gasteiger partial charge < -0.3 is 0 Å². The molecule has 16 nitrogen and oxygen atoms in total. The molecule has 0 saturated carbocycles. The Morgan fingerprint density at radius 3 is 1.13 bits per heavy atom. The van der Waals surface area contributed by atoms with Crippen molar-refractivity contribution in [2.75, 3.05) is 0 Å². The molecular formula is C82H66Cl2F2N10O6S2. The predicted molar refractivity (Wildman–Crippen MR) is 406 cm³/mol. The summed E-state index contributed by atoms with van der Waals surface area (Å²) in [6, 6.07) is 31.7. The molecule has 6 aromatic rings. The van der Waals surface area contributed by atoms with Crippen molar-refractivity contribution in [1.82, 2.24) is 0 Å². The molecule has 1 aliphatic heterocycles. The highest BCUT2D eigenvalue weighted by molar-refractivity contribution is 7.96. The van der Waals surface area contributed by atoms with Crippen molar-refractivity contribution in [1.29, 1.82) is 26.3 Å². The Morgan fingerprint density at radius 2 is 0.731 bits per heavy atom. The molecule has 104 heavy (non-hydrogen) atoms. The lowest BCUT2D eigenvalue weighted by molar-refractivity contribution is 0.103. The summed E-state index contributed by atoms with van der Waals surface area (Å²) in [5, 5.41) is 51.3. The van der Waals surface area contributed by atoms with Crippen molar-refractivity contribution in [2.45, 2.75) is 116 Å². The third-order valence-electron chi connectivity index (χ3n) is 15.0. The van der Waals surface area contributed by atoms with E-state index in [1.165, 1.54) is 29.5 Å². The van der Waals surface area contributed by atoms with Gasteiger partial charge in [-0.1, -0.05) is 150 Å². The zero-order chi connectivity index (χ0) is 78.9. The van der Waals surface area contributed by atoms with E-state index in [1.54, 1.807) is 103 Å². The van der Waals surface area contributed by atoms with Gasteiger partial charge in [-0.2, -0.15) is 11.3 Å². The molecular weight excluding hydrogens is 1390 g/mol. The summed E-state index contributed by atoms with van der Waals surface area (Å²) in [6.07, 6.45) is 3.33. The Hall–Kier alpha value is -12.6. The Bertz CT molecular complexity index is 5310. The number of ketones is 4. The molecule has 0 N–H and O–H groups in total. The molecule has 0 radical (unpaired) electrons. The molecule has 520 valence electrons. The molecule has 5 aliphatic rings. The van der Waals surface area contributed by atoms with Crippen LogP contribution in [-0.4, -0.2) is 31.6 Å². The lowest BCUT2D eigenvalue weighted by atomic mass is 9.99. The number of fused-ring (bicyclic) bond motifs is 6. The lowest BCUT2D eigenvalue weighted by Crippen LogP contribution is -1.99. The van der Waals surface area contributed by atoms with Crippen LogP contribution in [0.5, 0.6) is 0 Å². The number of hydrogen-bond acceptors (Lipinski definition) is 12. The van der Waals surface area contributed by atoms with Crippen LogP contribution in [0.15, 0.2) is 185 Å². The van der Waals surface area contributed by atoms with Crippen molar-refractivity contribution in [2.24, 2.45) is 0 Å². The van der Waals surface area contributed by atoms with Crippen molar-refractivity contribution in [3.63, 3.8) is 0 Å². The number of halogens is 4. The van der Waals surface area contributed by atoms with Crippen LogP contribution in [0.4, 0.5) is 8.78 Å². The minimum atomic E-state index is -3.63. The molecule has 0 spiro atoms. The predicted octanol–water partition coefficient (Wildman–Crippen LogP) is 22.5. The third-order valence-corrected chi connectivity index (χ3v) is 18.5. The minimum absolute atomic E-state index is 0.0152. The standard InChI is InChI=1S/C18H10N2O.C15H8Cl2N2O.C15H8F2N2O.C14H10N2O2S.C12H6N2OS.4C2H6/c1-3-13-17(16(10-19)20-2)14-8-11-6-4-5-7-12(11)9-15(14)18(13)21;2*1-7(2)13-14(12(6-18)19-3)8-4-10(16)11(17)5-9(8)15(13)20;1-9(2)14-13(11(8-15)16-3)10-6-4-5-7-12(10)19(14,17)18;1-3-7-11(10(4-13)14-2)8-5-16-6-9(8)12(7)15;4*1-2/h3-9H,1H3;2*4-5H,1-2H3;4-7H,1-2H3;3,5-6H,1H3;4*1-2H3/b13-3-,17-16+;2*14-12-;13-11-;7-3-,11-10+;;;;. The van der Waals surface area contributed by atoms with Gasteiger partial charge in [0.05, 0.1) is 83.1 Å². The smallest absolute Gasteiger partial charge is 0.270 e. The highest BCUT2D eigenvalue weighted by Gasteiger charge is 2.40. The van der Waals surface area contributed by atoms with Gasteiger partial charge in [-0.3, -0.25) is 19.2 Å². The Kier molecular flexibility index (Phi) is 32.0. The molecule has 0 unspecified atom stereocenters. The van der Waals surface area contributed by atoms with Gasteiger partial charge in [0, 0.05) is 77.8 Å². The van der Waals surface area contributed by atoms with Gasteiger partial charge >= 0.3 is 0 Å². The monoisotopic (exact) mass is 1460 g/mol. The molecule has 4 aliphatic carbocycles. The summed E-state index contributed by atoms with van der Waals surface area (Å²) >= 11 is 13.3. The first-order chi connectivity index (χ1) is 49.7. The van der Waals surface area contributed by atoms with Crippen LogP contribution in [0.2, 0.25) is 10.0 Å². The van der Waals surface area contributed by atoms with Crippen LogP contribution in [-0.2, 0) is 9.84 Å². The van der Waals surface area contributed by atoms with Gasteiger partial charge in [-0.05, 0) is 142 Å². The third kappa shape index (κ3) is 16.9. The zero-order valence-electron chi connectivity index (χ0n) is 59.6. The van der Waals surface area contributed by atoms with E-state index < -0.39 is 27.3 Å². The van der Waals surface area contributed by atoms with Gasteiger partial charge in [-0.25, -0.2) is 67.7 Å². The average molecular weight is 1460 g/mol. The molecule has 5 aromatic carbocycles. The second-order valence-electron chi connectivity index (χ2n) is 21.1. The molecule has 0 bridgehead atoms. The second kappa shape index (κ2) is 38.9. The molecule has 22 heteroatoms. The van der Waals surface area contributed by atoms with E-state index in [4.69, 9.17) is 82.4 Å². The van der Waals surface area contributed by atoms with Gasteiger partial charge in [0.15, 0.2) is 34.8 Å². The summed E-state index contributed by atoms with van der Waals surface area (Å²) in [5.74, 6) is -3.19. The van der Waals surface area contributed by atoms with E-state index in [2.05, 4.69) is 24.2 Å². The number of benzene rings is 5. The molecule has 0 amide bonds. The van der Waals surface area contributed by atoms with Crippen molar-refractivity contribution < 1.29 is 36.4 Å². The maximum Gasteiger partial charge on any atom is 0.270 e. The van der Waals surface area contributed by atoms with E-state index in [9.17, 15) is 36.4 Å². The van der Waals surface area contributed by atoms with E-state index in [0.717, 1.165) is 34.0 Å². The van der Waals surface area contributed by atoms with Crippen molar-refractivity contribution in [3.8, 4) is 30.3 Å². The number of Topliss-reactive ketones (excluding diaryl/α,β-unsaturated/α-hetero) is 4. The number of nitrogens with zero attached hydrogens (tertiary/aromatic N) is 10. The highest BCUT2D eigenvalue weighted by atomic mass is 35.5. The summed E-state index contributed by atoms with van der Waals surface area (Å²) in [5.41, 5.74) is 8.23. The van der Waals surface area contributed by atoms with Gasteiger partial charge in [-0.15, -0.1) is 0 Å². The second-order valence-corrected chi connectivity index (χ2v) is 24.5. The van der Waals surface area contributed by atoms with E-state index >= 15 is 0 Å². The maximum absolute atomic E-state index is 13.4. The number of nitriles is 5. The van der Waals surface area contributed by atoms with E-state index in [0.29, 0.717) is 78.0 Å². The summed E-state index contributed by atoms with van der Waals surface area (Å²) in [4.78, 5) is 65.3. The van der Waals surface area contributed by atoms with E-state index in [1.807, 2.05) is 115 Å². The number of hydrogen-bond donors (Lipinski definition) is 0. The molecule has 0 atom stereocenters. The normalized spacial score (nSPS) is 16.0. The SMILES string of the molecule is CC.CC.CC.CC.[C-]#[N+]/C(C#N)=C1\C(=C(C)C)C(=O)c2cc(Cl)c(Cl)cc21.[C-]#[N+]/C(C#N)=C1\C(=C(C)C)C(=O)c2cc(F)c(F)cc21.[C-]#[N+]/C(C#N)=C1\C(=C(C)C)S(=O)(=O)c2ccccc21.[C-]#[N+]/C(C#N)=C1\C(=C\C)C(=O)c2cc3ccccc3cc21.[C-]#[N+]/C(C#N)=C1\C(=C\C)C(=O)c2cscc21. The average Bonchev–Trinajstić information content (AvgIpc) is 1.59. The van der Waals surface area contributed by atoms with Crippen LogP contribution < -0.4 is 0 Å². The fraction of sp³-hybridized carbons (Fsp3) is 0.195. The minimum Gasteiger partial charge on any atom is -0.289 e.